The summed E-state index contributed by atoms with van der Waals surface area (Å²) in [5, 5.41) is 7.56. The lowest BCUT2D eigenvalue weighted by Gasteiger charge is -2.26. The van der Waals surface area contributed by atoms with Crippen LogP contribution in [0.2, 0.25) is 0 Å². The summed E-state index contributed by atoms with van der Waals surface area (Å²) in [6, 6.07) is 10.2. The smallest absolute Gasteiger partial charge is 0.223 e. The van der Waals surface area contributed by atoms with Gasteiger partial charge in [-0.25, -0.2) is 0 Å². The molecule has 0 bridgehead atoms. The molecule has 0 radical (unpaired) electrons. The fourth-order valence-corrected chi connectivity index (χ4v) is 4.30. The maximum atomic E-state index is 12.3. The van der Waals surface area contributed by atoms with E-state index in [1.807, 2.05) is 42.3 Å². The van der Waals surface area contributed by atoms with Crippen molar-refractivity contribution in [1.82, 2.24) is 20.0 Å². The molecule has 2 fully saturated rings. The van der Waals surface area contributed by atoms with E-state index in [0.29, 0.717) is 31.8 Å². The van der Waals surface area contributed by atoms with Crippen LogP contribution in [-0.2, 0) is 16.1 Å². The average molecular weight is 380 g/mol. The van der Waals surface area contributed by atoms with E-state index in [1.54, 1.807) is 4.90 Å². The summed E-state index contributed by atoms with van der Waals surface area (Å²) in [6.45, 7) is 1.24. The molecule has 1 saturated carbocycles. The number of carbonyl (C=O) groups is 2. The molecule has 2 amide bonds. The summed E-state index contributed by atoms with van der Waals surface area (Å²) in [5.74, 6) is 0.876. The van der Waals surface area contributed by atoms with E-state index < -0.39 is 0 Å². The molecule has 28 heavy (non-hydrogen) atoms. The van der Waals surface area contributed by atoms with Crippen molar-refractivity contribution in [1.29, 1.82) is 0 Å². The number of benzene rings is 1. The first-order chi connectivity index (χ1) is 13.6. The van der Waals surface area contributed by atoms with Crippen LogP contribution in [0, 0.1) is 11.8 Å². The predicted molar refractivity (Wildman–Crippen MR) is 106 cm³/mol. The molecular weight excluding hydrogens is 352 g/mol. The van der Waals surface area contributed by atoms with E-state index in [-0.39, 0.29) is 23.8 Å². The van der Waals surface area contributed by atoms with E-state index >= 15 is 0 Å². The molecule has 2 aromatic rings. The lowest BCUT2D eigenvalue weighted by atomic mass is 9.83. The number of rotatable bonds is 7. The maximum Gasteiger partial charge on any atom is 0.223 e. The molecule has 4 rings (SSSR count). The third-order valence-electron chi connectivity index (χ3n) is 6.14. The molecule has 2 atom stereocenters. The second kappa shape index (κ2) is 8.17. The third-order valence-corrected chi connectivity index (χ3v) is 6.14. The summed E-state index contributed by atoms with van der Waals surface area (Å²) in [6.07, 6.45) is 8.55. The number of hydrogen-bond acceptors (Lipinski definition) is 3. The minimum absolute atomic E-state index is 0.0407. The number of amides is 2. The molecule has 2 aliphatic rings. The first-order valence-electron chi connectivity index (χ1n) is 10.2. The van der Waals surface area contributed by atoms with Crippen molar-refractivity contribution in [2.24, 2.45) is 11.8 Å². The van der Waals surface area contributed by atoms with Gasteiger partial charge in [0.25, 0.3) is 0 Å². The zero-order valence-corrected chi connectivity index (χ0v) is 16.4. The molecule has 1 aliphatic carbocycles. The van der Waals surface area contributed by atoms with Gasteiger partial charge in [0, 0.05) is 44.1 Å². The number of likely N-dealkylation sites (tertiary alicyclic amines) is 1. The van der Waals surface area contributed by atoms with Crippen LogP contribution in [-0.4, -0.2) is 40.1 Å². The van der Waals surface area contributed by atoms with Gasteiger partial charge in [0.1, 0.15) is 0 Å². The van der Waals surface area contributed by atoms with Gasteiger partial charge in [0.15, 0.2) is 0 Å². The zero-order valence-electron chi connectivity index (χ0n) is 16.4. The summed E-state index contributed by atoms with van der Waals surface area (Å²) >= 11 is 0. The number of hydrogen-bond donors (Lipinski definition) is 1. The largest absolute Gasteiger partial charge is 0.356 e. The van der Waals surface area contributed by atoms with E-state index in [2.05, 4.69) is 22.5 Å². The van der Waals surface area contributed by atoms with Gasteiger partial charge in [-0.3, -0.25) is 14.3 Å². The molecule has 1 aromatic heterocycles. The molecule has 0 spiro atoms. The molecule has 1 saturated heterocycles. The highest BCUT2D eigenvalue weighted by Gasteiger charge is 2.39. The van der Waals surface area contributed by atoms with E-state index in [4.69, 9.17) is 0 Å². The van der Waals surface area contributed by atoms with Crippen LogP contribution in [0.15, 0.2) is 42.7 Å². The van der Waals surface area contributed by atoms with Crippen molar-refractivity contribution < 1.29 is 9.59 Å². The van der Waals surface area contributed by atoms with Crippen LogP contribution in [0.4, 0.5) is 0 Å². The van der Waals surface area contributed by atoms with Crippen LogP contribution in [0.1, 0.15) is 49.3 Å². The van der Waals surface area contributed by atoms with E-state index in [1.165, 1.54) is 24.8 Å². The minimum atomic E-state index is -0.0407. The topological polar surface area (TPSA) is 67.2 Å². The Labute approximate surface area is 165 Å². The summed E-state index contributed by atoms with van der Waals surface area (Å²) in [5.41, 5.74) is 2.22. The number of carbonyl (C=O) groups excluding carboxylic acids is 2. The lowest BCUT2D eigenvalue weighted by molar-refractivity contribution is -0.127. The van der Waals surface area contributed by atoms with Crippen molar-refractivity contribution in [2.45, 2.75) is 44.7 Å². The molecule has 2 heterocycles. The van der Waals surface area contributed by atoms with Crippen LogP contribution in [0.3, 0.4) is 0 Å². The van der Waals surface area contributed by atoms with Crippen molar-refractivity contribution >= 4 is 11.8 Å². The first kappa shape index (κ1) is 18.7. The van der Waals surface area contributed by atoms with Gasteiger partial charge in [-0.2, -0.15) is 5.10 Å². The maximum absolute atomic E-state index is 12.3. The highest BCUT2D eigenvalue weighted by atomic mass is 16.2. The Hall–Kier alpha value is -2.63. The van der Waals surface area contributed by atoms with Crippen molar-refractivity contribution in [3.8, 4) is 0 Å². The van der Waals surface area contributed by atoms with Gasteiger partial charge in [-0.05, 0) is 24.3 Å². The van der Waals surface area contributed by atoms with Crippen molar-refractivity contribution in [2.75, 3.05) is 13.6 Å². The molecule has 6 heteroatoms. The SMILES string of the molecule is CN1C(=O)C[C@@H](CNC(=O)CC2CCC2)[C@@H]1c1cnn(Cc2ccccc2)c1. The monoisotopic (exact) mass is 380 g/mol. The Morgan fingerprint density at radius 2 is 2.04 bits per heavy atom. The zero-order chi connectivity index (χ0) is 19.5. The second-order valence-electron chi connectivity index (χ2n) is 8.18. The molecule has 1 aromatic carbocycles. The molecule has 0 unspecified atom stereocenters. The summed E-state index contributed by atoms with van der Waals surface area (Å²) in [7, 11) is 1.84. The fraction of sp³-hybridized carbons (Fsp3) is 0.500. The van der Waals surface area contributed by atoms with Gasteiger partial charge in [0.05, 0.1) is 18.8 Å². The fourth-order valence-electron chi connectivity index (χ4n) is 4.30. The molecule has 1 N–H and O–H groups in total. The van der Waals surface area contributed by atoms with Gasteiger partial charge in [0.2, 0.25) is 11.8 Å². The summed E-state index contributed by atoms with van der Waals surface area (Å²) in [4.78, 5) is 26.3. The second-order valence-corrected chi connectivity index (χ2v) is 8.18. The quantitative estimate of drug-likeness (QED) is 0.803. The van der Waals surface area contributed by atoms with Gasteiger partial charge < -0.3 is 10.2 Å². The number of nitrogens with zero attached hydrogens (tertiary/aromatic N) is 3. The summed E-state index contributed by atoms with van der Waals surface area (Å²) < 4.78 is 1.91. The van der Waals surface area contributed by atoms with Gasteiger partial charge in [-0.15, -0.1) is 0 Å². The van der Waals surface area contributed by atoms with Gasteiger partial charge >= 0.3 is 0 Å². The molecule has 148 valence electrons. The number of aromatic nitrogens is 2. The highest BCUT2D eigenvalue weighted by Crippen LogP contribution is 2.36. The molecular formula is C22H28N4O2. The Balaban J connectivity index is 1.40. The normalized spacial score (nSPS) is 22.3. The average Bonchev–Trinajstić information content (AvgIpc) is 3.22. The molecule has 1 aliphatic heterocycles. The van der Waals surface area contributed by atoms with Crippen LogP contribution in [0.25, 0.3) is 0 Å². The van der Waals surface area contributed by atoms with Crippen molar-refractivity contribution in [3.63, 3.8) is 0 Å². The number of nitrogens with one attached hydrogen (secondary N) is 1. The van der Waals surface area contributed by atoms with Crippen molar-refractivity contribution in [3.05, 3.63) is 53.9 Å². The van der Waals surface area contributed by atoms with Gasteiger partial charge in [-0.1, -0.05) is 36.8 Å². The Morgan fingerprint density at radius 1 is 1.25 bits per heavy atom. The Bertz CT molecular complexity index is 828. The highest BCUT2D eigenvalue weighted by molar-refractivity contribution is 5.80. The Kier molecular flexibility index (Phi) is 5.46. The Morgan fingerprint density at radius 3 is 2.75 bits per heavy atom. The standard InChI is InChI=1S/C22H28N4O2/c1-25-21(28)11-18(12-23-20(27)10-16-8-5-9-16)22(25)19-13-24-26(15-19)14-17-6-3-2-4-7-17/h2-4,6-7,13,15-16,18,22H,5,8-12,14H2,1H3,(H,23,27)/t18-,22+/m0/s1. The van der Waals surface area contributed by atoms with Crippen LogP contribution in [0.5, 0.6) is 0 Å². The van der Waals surface area contributed by atoms with E-state index in [9.17, 15) is 9.59 Å². The first-order valence-corrected chi connectivity index (χ1v) is 10.2. The third kappa shape index (κ3) is 4.11. The predicted octanol–water partition coefficient (Wildman–Crippen LogP) is 2.76. The van der Waals surface area contributed by atoms with Crippen LogP contribution < -0.4 is 5.32 Å². The van der Waals surface area contributed by atoms with Crippen LogP contribution >= 0.6 is 0 Å². The molecule has 6 nitrogen and oxygen atoms in total. The minimum Gasteiger partial charge on any atom is -0.356 e. The lowest BCUT2D eigenvalue weighted by Crippen LogP contribution is -2.34. The van der Waals surface area contributed by atoms with E-state index in [0.717, 1.165) is 5.56 Å².